The van der Waals surface area contributed by atoms with E-state index in [0.29, 0.717) is 28.7 Å². The summed E-state index contributed by atoms with van der Waals surface area (Å²) in [6.45, 7) is 3.48. The van der Waals surface area contributed by atoms with E-state index >= 15 is 0 Å². The second-order valence-electron chi connectivity index (χ2n) is 6.54. The van der Waals surface area contributed by atoms with Crippen molar-refractivity contribution in [3.8, 4) is 17.6 Å². The Morgan fingerprint density at radius 3 is 2.71 bits per heavy atom. The van der Waals surface area contributed by atoms with E-state index in [4.69, 9.17) is 25.8 Å². The first-order chi connectivity index (χ1) is 13.3. The average Bonchev–Trinajstić information content (AvgIpc) is 3.50. The number of halogens is 1. The van der Waals surface area contributed by atoms with Crippen LogP contribution >= 0.6 is 11.6 Å². The molecule has 0 spiro atoms. The summed E-state index contributed by atoms with van der Waals surface area (Å²) in [7, 11) is 1.49. The SMILES string of the molecule is CCOc1cc(/C=C/C(=O)OCC(=O)N[C@](C)(C#N)C2CC2)cc(Cl)c1OC. The quantitative estimate of drug-likeness (QED) is 0.499. The predicted octanol–water partition coefficient (Wildman–Crippen LogP) is 3.11. The number of rotatable bonds is 9. The zero-order valence-corrected chi connectivity index (χ0v) is 16.8. The number of hydrogen-bond donors (Lipinski definition) is 1. The minimum atomic E-state index is -0.922. The highest BCUT2D eigenvalue weighted by Crippen LogP contribution is 2.39. The second-order valence-corrected chi connectivity index (χ2v) is 6.95. The molecule has 150 valence electrons. The summed E-state index contributed by atoms with van der Waals surface area (Å²) in [6, 6.07) is 5.41. The van der Waals surface area contributed by atoms with Crippen molar-refractivity contribution in [3.05, 3.63) is 28.8 Å². The minimum Gasteiger partial charge on any atom is -0.491 e. The number of nitriles is 1. The van der Waals surface area contributed by atoms with Crippen LogP contribution in [0.5, 0.6) is 11.5 Å². The zero-order valence-electron chi connectivity index (χ0n) is 16.1. The van der Waals surface area contributed by atoms with Crippen LogP contribution < -0.4 is 14.8 Å². The van der Waals surface area contributed by atoms with Crippen LogP contribution in [0.15, 0.2) is 18.2 Å². The Balaban J connectivity index is 1.93. The van der Waals surface area contributed by atoms with E-state index in [1.807, 2.05) is 6.92 Å². The fourth-order valence-corrected chi connectivity index (χ4v) is 3.00. The lowest BCUT2D eigenvalue weighted by Gasteiger charge is -2.22. The molecule has 0 heterocycles. The highest BCUT2D eigenvalue weighted by Gasteiger charge is 2.43. The summed E-state index contributed by atoms with van der Waals surface area (Å²) in [4.78, 5) is 23.8. The molecule has 0 saturated heterocycles. The normalized spacial score (nSPS) is 15.4. The molecule has 8 heteroatoms. The lowest BCUT2D eigenvalue weighted by atomic mass is 9.98. The first kappa shape index (κ1) is 21.6. The molecule has 1 aliphatic carbocycles. The monoisotopic (exact) mass is 406 g/mol. The lowest BCUT2D eigenvalue weighted by molar-refractivity contribution is -0.144. The fourth-order valence-electron chi connectivity index (χ4n) is 2.70. The van der Waals surface area contributed by atoms with Crippen LogP contribution in [0.2, 0.25) is 5.02 Å². The molecule has 1 aliphatic rings. The zero-order chi connectivity index (χ0) is 20.7. The van der Waals surface area contributed by atoms with Gasteiger partial charge in [0.1, 0.15) is 5.54 Å². The maximum Gasteiger partial charge on any atom is 0.331 e. The Kier molecular flexibility index (Phi) is 7.30. The molecule has 2 rings (SSSR count). The Bertz CT molecular complexity index is 814. The van der Waals surface area contributed by atoms with E-state index in [1.54, 1.807) is 19.1 Å². The summed E-state index contributed by atoms with van der Waals surface area (Å²) < 4.78 is 15.6. The molecular weight excluding hydrogens is 384 g/mol. The van der Waals surface area contributed by atoms with Crippen molar-refractivity contribution in [2.45, 2.75) is 32.2 Å². The second kappa shape index (κ2) is 9.47. The van der Waals surface area contributed by atoms with Crippen molar-refractivity contribution in [1.82, 2.24) is 5.32 Å². The molecule has 1 aromatic rings. The summed E-state index contributed by atoms with van der Waals surface area (Å²) >= 11 is 6.16. The highest BCUT2D eigenvalue weighted by molar-refractivity contribution is 6.32. The third-order valence-electron chi connectivity index (χ3n) is 4.32. The van der Waals surface area contributed by atoms with Crippen molar-refractivity contribution in [1.29, 1.82) is 5.26 Å². The van der Waals surface area contributed by atoms with Gasteiger partial charge in [-0.2, -0.15) is 5.26 Å². The van der Waals surface area contributed by atoms with Crippen LogP contribution in [-0.4, -0.2) is 37.7 Å². The number of methoxy groups -OCH3 is 1. The summed E-state index contributed by atoms with van der Waals surface area (Å²) in [6.07, 6.45) is 4.49. The number of nitrogens with zero attached hydrogens (tertiary/aromatic N) is 1. The Hall–Kier alpha value is -2.72. The number of esters is 1. The number of carbonyl (C=O) groups excluding carboxylic acids is 2. The Morgan fingerprint density at radius 2 is 2.14 bits per heavy atom. The van der Waals surface area contributed by atoms with E-state index in [-0.39, 0.29) is 5.92 Å². The molecule has 0 aromatic heterocycles. The van der Waals surface area contributed by atoms with Gasteiger partial charge in [0.25, 0.3) is 5.91 Å². The number of nitrogens with one attached hydrogen (secondary N) is 1. The molecular formula is C20H23ClN2O5. The molecule has 0 aliphatic heterocycles. The molecule has 0 unspecified atom stereocenters. The fraction of sp³-hybridized carbons (Fsp3) is 0.450. The number of carbonyl (C=O) groups is 2. The van der Waals surface area contributed by atoms with Gasteiger partial charge in [0.15, 0.2) is 18.1 Å². The first-order valence-electron chi connectivity index (χ1n) is 8.90. The van der Waals surface area contributed by atoms with Crippen molar-refractivity contribution in [2.24, 2.45) is 5.92 Å². The molecule has 0 radical (unpaired) electrons. The van der Waals surface area contributed by atoms with Gasteiger partial charge in [0, 0.05) is 6.08 Å². The van der Waals surface area contributed by atoms with Crippen LogP contribution in [0.1, 0.15) is 32.3 Å². The van der Waals surface area contributed by atoms with E-state index in [0.717, 1.165) is 12.8 Å². The van der Waals surface area contributed by atoms with Crippen molar-refractivity contribution < 1.29 is 23.8 Å². The van der Waals surface area contributed by atoms with Crippen molar-refractivity contribution >= 4 is 29.6 Å². The summed E-state index contributed by atoms with van der Waals surface area (Å²) in [5.41, 5.74) is -0.309. The molecule has 1 fully saturated rings. The van der Waals surface area contributed by atoms with Crippen LogP contribution in [0.4, 0.5) is 0 Å². The third kappa shape index (κ3) is 5.64. The lowest BCUT2D eigenvalue weighted by Crippen LogP contribution is -2.48. The highest BCUT2D eigenvalue weighted by atomic mass is 35.5. The van der Waals surface area contributed by atoms with Gasteiger partial charge in [-0.1, -0.05) is 11.6 Å². The topological polar surface area (TPSA) is 97.6 Å². The Morgan fingerprint density at radius 1 is 1.43 bits per heavy atom. The molecule has 0 bridgehead atoms. The minimum absolute atomic E-state index is 0.149. The van der Waals surface area contributed by atoms with Crippen LogP contribution in [-0.2, 0) is 14.3 Å². The molecule has 1 atom stereocenters. The van der Waals surface area contributed by atoms with Gasteiger partial charge in [-0.25, -0.2) is 4.79 Å². The number of hydrogen-bond acceptors (Lipinski definition) is 6. The maximum absolute atomic E-state index is 11.9. The number of benzene rings is 1. The summed E-state index contributed by atoms with van der Waals surface area (Å²) in [5.74, 6) is -0.178. The molecule has 28 heavy (non-hydrogen) atoms. The smallest absolute Gasteiger partial charge is 0.331 e. The van der Waals surface area contributed by atoms with Crippen LogP contribution in [0, 0.1) is 17.2 Å². The maximum atomic E-state index is 11.9. The van der Waals surface area contributed by atoms with Crippen molar-refractivity contribution in [2.75, 3.05) is 20.3 Å². The van der Waals surface area contributed by atoms with Gasteiger partial charge in [-0.15, -0.1) is 0 Å². The molecule has 1 amide bonds. The van der Waals surface area contributed by atoms with E-state index in [2.05, 4.69) is 11.4 Å². The van der Waals surface area contributed by atoms with Gasteiger partial charge >= 0.3 is 5.97 Å². The molecule has 1 N–H and O–H groups in total. The predicted molar refractivity (Wildman–Crippen MR) is 104 cm³/mol. The Labute approximate surface area is 169 Å². The van der Waals surface area contributed by atoms with Gasteiger partial charge in [0.2, 0.25) is 0 Å². The van der Waals surface area contributed by atoms with Gasteiger partial charge < -0.3 is 19.5 Å². The van der Waals surface area contributed by atoms with E-state index in [9.17, 15) is 14.9 Å². The third-order valence-corrected chi connectivity index (χ3v) is 4.60. The molecule has 1 aromatic carbocycles. The van der Waals surface area contributed by atoms with E-state index < -0.39 is 24.0 Å². The first-order valence-corrected chi connectivity index (χ1v) is 9.28. The van der Waals surface area contributed by atoms with Gasteiger partial charge in [-0.3, -0.25) is 4.79 Å². The average molecular weight is 407 g/mol. The number of ether oxygens (including phenoxy) is 3. The largest absolute Gasteiger partial charge is 0.491 e. The van der Waals surface area contributed by atoms with Gasteiger partial charge in [0.05, 0.1) is 24.8 Å². The van der Waals surface area contributed by atoms with Crippen LogP contribution in [0.25, 0.3) is 6.08 Å². The number of amides is 1. The molecule has 1 saturated carbocycles. The van der Waals surface area contributed by atoms with Crippen molar-refractivity contribution in [3.63, 3.8) is 0 Å². The van der Waals surface area contributed by atoms with Gasteiger partial charge in [-0.05, 0) is 56.4 Å². The molecule has 7 nitrogen and oxygen atoms in total. The standard InChI is InChI=1S/C20H23ClN2O5/c1-4-27-16-10-13(9-15(21)19(16)26-3)5-8-18(25)28-11-17(24)23-20(2,12-22)14-6-7-14/h5,8-10,14H,4,6-7,11H2,1-3H3,(H,23,24)/b8-5+/t20-/m1/s1. The van der Waals surface area contributed by atoms with Crippen LogP contribution in [0.3, 0.4) is 0 Å². The summed E-state index contributed by atoms with van der Waals surface area (Å²) in [5, 5.41) is 12.2. The van der Waals surface area contributed by atoms with E-state index in [1.165, 1.54) is 19.3 Å².